The van der Waals surface area contributed by atoms with Gasteiger partial charge in [-0.05, 0) is 44.1 Å². The lowest BCUT2D eigenvalue weighted by Crippen LogP contribution is -2.33. The van der Waals surface area contributed by atoms with Crippen LogP contribution in [0, 0.1) is 11.3 Å². The first kappa shape index (κ1) is 11.0. The highest BCUT2D eigenvalue weighted by Crippen LogP contribution is 2.59. The van der Waals surface area contributed by atoms with E-state index in [4.69, 9.17) is 4.74 Å². The van der Waals surface area contributed by atoms with Crippen LogP contribution in [0.4, 0.5) is 0 Å². The third-order valence-corrected chi connectivity index (χ3v) is 4.76. The standard InChI is InChI=1S/C17H17NO/c1-11-7-8-13-15-16(11)18-10-4-9-17(15)12(2)5-3-6-14(17)19-13/h4-10,13,15H,3H2,1-2H3. The fourth-order valence-corrected chi connectivity index (χ4v) is 3.80. The average molecular weight is 251 g/mol. The van der Waals surface area contributed by atoms with E-state index in [1.54, 1.807) is 0 Å². The van der Waals surface area contributed by atoms with Crippen LogP contribution in [0.15, 0.2) is 64.1 Å². The molecule has 2 heteroatoms. The second-order valence-electron chi connectivity index (χ2n) is 5.69. The van der Waals surface area contributed by atoms with E-state index < -0.39 is 0 Å². The fourth-order valence-electron chi connectivity index (χ4n) is 3.80. The molecule has 19 heavy (non-hydrogen) atoms. The van der Waals surface area contributed by atoms with E-state index in [9.17, 15) is 0 Å². The predicted octanol–water partition coefficient (Wildman–Crippen LogP) is 3.71. The van der Waals surface area contributed by atoms with Crippen molar-refractivity contribution in [2.24, 2.45) is 16.3 Å². The van der Waals surface area contributed by atoms with Gasteiger partial charge in [-0.15, -0.1) is 0 Å². The first-order valence-electron chi connectivity index (χ1n) is 6.89. The van der Waals surface area contributed by atoms with E-state index in [-0.39, 0.29) is 17.4 Å². The molecule has 4 rings (SSSR count). The molecule has 0 saturated carbocycles. The Kier molecular flexibility index (Phi) is 2.09. The summed E-state index contributed by atoms with van der Waals surface area (Å²) in [5.41, 5.74) is 3.71. The van der Waals surface area contributed by atoms with Crippen molar-refractivity contribution in [1.82, 2.24) is 0 Å². The molecule has 3 unspecified atom stereocenters. The Hall–Kier alpha value is -1.83. The molecular formula is C17H17NO. The molecule has 2 nitrogen and oxygen atoms in total. The maximum Gasteiger partial charge on any atom is 0.127 e. The van der Waals surface area contributed by atoms with Crippen LogP contribution in [0.5, 0.6) is 0 Å². The molecule has 2 aliphatic heterocycles. The smallest absolute Gasteiger partial charge is 0.127 e. The van der Waals surface area contributed by atoms with Gasteiger partial charge in [-0.2, -0.15) is 0 Å². The van der Waals surface area contributed by atoms with Gasteiger partial charge in [0.15, 0.2) is 0 Å². The molecular weight excluding hydrogens is 234 g/mol. The largest absolute Gasteiger partial charge is 0.489 e. The summed E-state index contributed by atoms with van der Waals surface area (Å²) in [7, 11) is 0. The quantitative estimate of drug-likeness (QED) is 0.601. The summed E-state index contributed by atoms with van der Waals surface area (Å²) >= 11 is 0. The monoisotopic (exact) mass is 251 g/mol. The fraction of sp³-hybridized carbons (Fsp3) is 0.353. The molecule has 3 atom stereocenters. The van der Waals surface area contributed by atoms with Gasteiger partial charge in [0, 0.05) is 6.21 Å². The minimum absolute atomic E-state index is 0.110. The van der Waals surface area contributed by atoms with Gasteiger partial charge in [0.2, 0.25) is 0 Å². The topological polar surface area (TPSA) is 21.6 Å². The van der Waals surface area contributed by atoms with Crippen LogP contribution in [0.1, 0.15) is 20.3 Å². The third kappa shape index (κ3) is 1.24. The summed E-state index contributed by atoms with van der Waals surface area (Å²) in [6.07, 6.45) is 16.2. The third-order valence-electron chi connectivity index (χ3n) is 4.76. The lowest BCUT2D eigenvalue weighted by Gasteiger charge is -2.35. The molecule has 1 spiro atoms. The molecule has 2 heterocycles. The van der Waals surface area contributed by atoms with Crippen LogP contribution in [0.3, 0.4) is 0 Å². The average Bonchev–Trinajstić information content (AvgIpc) is 2.60. The SMILES string of the molecule is CC1=CCC=C2OC3C=CC(C)=C4N=CC=CC12C43. The maximum absolute atomic E-state index is 6.22. The van der Waals surface area contributed by atoms with Gasteiger partial charge in [-0.25, -0.2) is 0 Å². The number of hydrogen-bond donors (Lipinski definition) is 0. The number of rotatable bonds is 0. The number of aliphatic imine (C=N–C) groups is 1. The molecule has 0 bridgehead atoms. The molecule has 0 aromatic carbocycles. The van der Waals surface area contributed by atoms with Gasteiger partial charge in [-0.1, -0.05) is 23.8 Å². The van der Waals surface area contributed by atoms with E-state index >= 15 is 0 Å². The minimum atomic E-state index is -0.110. The number of ether oxygens (including phenoxy) is 1. The predicted molar refractivity (Wildman–Crippen MR) is 76.7 cm³/mol. The molecule has 2 aliphatic carbocycles. The summed E-state index contributed by atoms with van der Waals surface area (Å²) in [5.74, 6) is 1.40. The van der Waals surface area contributed by atoms with Gasteiger partial charge >= 0.3 is 0 Å². The molecule has 1 fully saturated rings. The van der Waals surface area contributed by atoms with Gasteiger partial charge in [0.05, 0.1) is 17.0 Å². The van der Waals surface area contributed by atoms with Crippen molar-refractivity contribution in [1.29, 1.82) is 0 Å². The van der Waals surface area contributed by atoms with Crippen LogP contribution in [0.2, 0.25) is 0 Å². The van der Waals surface area contributed by atoms with Crippen molar-refractivity contribution in [2.45, 2.75) is 26.4 Å². The first-order valence-corrected chi connectivity index (χ1v) is 6.89. The Balaban J connectivity index is 2.01. The lowest BCUT2D eigenvalue weighted by atomic mass is 9.64. The van der Waals surface area contributed by atoms with Crippen LogP contribution in [-0.4, -0.2) is 12.3 Å². The molecule has 0 amide bonds. The highest BCUT2D eigenvalue weighted by atomic mass is 16.5. The van der Waals surface area contributed by atoms with E-state index in [0.29, 0.717) is 0 Å². The summed E-state index contributed by atoms with van der Waals surface area (Å²) in [6, 6.07) is 0. The highest BCUT2D eigenvalue weighted by molar-refractivity contribution is 5.75. The summed E-state index contributed by atoms with van der Waals surface area (Å²) < 4.78 is 6.22. The minimum Gasteiger partial charge on any atom is -0.489 e. The van der Waals surface area contributed by atoms with Gasteiger partial charge in [0.25, 0.3) is 0 Å². The number of allylic oxidation sites excluding steroid dienone is 6. The van der Waals surface area contributed by atoms with E-state index in [2.05, 4.69) is 55.3 Å². The number of nitrogens with zero attached hydrogens (tertiary/aromatic N) is 1. The van der Waals surface area contributed by atoms with Gasteiger partial charge in [0.1, 0.15) is 11.9 Å². The Morgan fingerprint density at radius 2 is 2.21 bits per heavy atom. The molecule has 0 radical (unpaired) electrons. The zero-order chi connectivity index (χ0) is 13.0. The Labute approximate surface area is 113 Å². The Bertz CT molecular complexity index is 630. The molecule has 96 valence electrons. The van der Waals surface area contributed by atoms with E-state index in [1.165, 1.54) is 16.8 Å². The van der Waals surface area contributed by atoms with Crippen LogP contribution in [-0.2, 0) is 4.74 Å². The van der Waals surface area contributed by atoms with Crippen molar-refractivity contribution in [2.75, 3.05) is 0 Å². The second-order valence-corrected chi connectivity index (χ2v) is 5.69. The highest BCUT2D eigenvalue weighted by Gasteiger charge is 2.56. The van der Waals surface area contributed by atoms with Crippen molar-refractivity contribution in [3.8, 4) is 0 Å². The normalized spacial score (nSPS) is 38.2. The summed E-state index contributed by atoms with van der Waals surface area (Å²) in [6.45, 7) is 4.36. The molecule has 4 aliphatic rings. The van der Waals surface area contributed by atoms with Crippen molar-refractivity contribution < 1.29 is 4.74 Å². The molecule has 0 N–H and O–H groups in total. The van der Waals surface area contributed by atoms with Crippen molar-refractivity contribution in [3.05, 3.63) is 59.1 Å². The van der Waals surface area contributed by atoms with Gasteiger partial charge < -0.3 is 4.74 Å². The van der Waals surface area contributed by atoms with Crippen LogP contribution >= 0.6 is 0 Å². The second kappa shape index (κ2) is 3.60. The Morgan fingerprint density at radius 3 is 3.11 bits per heavy atom. The molecule has 0 aromatic heterocycles. The van der Waals surface area contributed by atoms with Gasteiger partial charge in [-0.3, -0.25) is 4.99 Å². The van der Waals surface area contributed by atoms with Crippen LogP contribution in [0.25, 0.3) is 0 Å². The Morgan fingerprint density at radius 1 is 1.32 bits per heavy atom. The maximum atomic E-state index is 6.22. The van der Waals surface area contributed by atoms with Crippen LogP contribution < -0.4 is 0 Å². The summed E-state index contributed by atoms with van der Waals surface area (Å²) in [4.78, 5) is 4.67. The van der Waals surface area contributed by atoms with E-state index in [0.717, 1.165) is 12.2 Å². The van der Waals surface area contributed by atoms with Crippen molar-refractivity contribution in [3.63, 3.8) is 0 Å². The van der Waals surface area contributed by atoms with Crippen molar-refractivity contribution >= 4 is 6.21 Å². The summed E-state index contributed by atoms with van der Waals surface area (Å²) in [5, 5.41) is 0. The zero-order valence-corrected chi connectivity index (χ0v) is 11.3. The zero-order valence-electron chi connectivity index (χ0n) is 11.3. The molecule has 1 saturated heterocycles. The first-order chi connectivity index (χ1) is 9.23. The van der Waals surface area contributed by atoms with E-state index in [1.807, 2.05) is 6.21 Å². The number of hydrogen-bond acceptors (Lipinski definition) is 2. The molecule has 0 aromatic rings. The lowest BCUT2D eigenvalue weighted by molar-refractivity contribution is 0.180.